The molecule has 2 aliphatic heterocycles. The van der Waals surface area contributed by atoms with Crippen LogP contribution >= 0.6 is 11.8 Å². The van der Waals surface area contributed by atoms with E-state index in [9.17, 15) is 14.4 Å². The van der Waals surface area contributed by atoms with Gasteiger partial charge in [0.15, 0.2) is 0 Å². The molecule has 0 spiro atoms. The predicted molar refractivity (Wildman–Crippen MR) is 65.0 cm³/mol. The Morgan fingerprint density at radius 1 is 1.44 bits per heavy atom. The van der Waals surface area contributed by atoms with E-state index in [0.717, 1.165) is 5.01 Å². The molecule has 0 saturated carbocycles. The van der Waals surface area contributed by atoms with E-state index in [2.05, 4.69) is 5.10 Å². The lowest BCUT2D eigenvalue weighted by molar-refractivity contribution is -0.145. The summed E-state index contributed by atoms with van der Waals surface area (Å²) >= 11 is 1.40. The minimum atomic E-state index is -1.01. The van der Waals surface area contributed by atoms with Gasteiger partial charge in [-0.25, -0.2) is 9.80 Å². The Morgan fingerprint density at radius 3 is 2.78 bits per heavy atom. The lowest BCUT2D eigenvalue weighted by Gasteiger charge is -2.24. The largest absolute Gasteiger partial charge is 0.480 e. The van der Waals surface area contributed by atoms with Crippen LogP contribution in [0, 0.1) is 0 Å². The van der Waals surface area contributed by atoms with Gasteiger partial charge in [0.1, 0.15) is 11.8 Å². The van der Waals surface area contributed by atoms with Crippen molar-refractivity contribution in [3.63, 3.8) is 0 Å². The summed E-state index contributed by atoms with van der Waals surface area (Å²) in [6.45, 7) is 0. The molecule has 1 unspecified atom stereocenters. The molecule has 1 atom stereocenters. The number of carbonyl (C=O) groups is 3. The average Bonchev–Trinajstić information content (AvgIpc) is 2.81. The second kappa shape index (κ2) is 4.97. The summed E-state index contributed by atoms with van der Waals surface area (Å²) in [7, 11) is 1.49. The van der Waals surface area contributed by atoms with Crippen molar-refractivity contribution in [3.8, 4) is 0 Å². The molecular weight excluding hydrogens is 258 g/mol. The molecule has 2 heterocycles. The molecular formula is C10H13N3O4S. The van der Waals surface area contributed by atoms with Crippen molar-refractivity contribution < 1.29 is 19.5 Å². The quantitative estimate of drug-likeness (QED) is 0.736. The molecule has 7 nitrogen and oxygen atoms in total. The fraction of sp³-hybridized carbons (Fsp3) is 0.600. The van der Waals surface area contributed by atoms with E-state index in [1.165, 1.54) is 23.7 Å². The highest BCUT2D eigenvalue weighted by Crippen LogP contribution is 2.22. The van der Waals surface area contributed by atoms with Gasteiger partial charge in [0, 0.05) is 25.6 Å². The highest BCUT2D eigenvalue weighted by molar-refractivity contribution is 7.99. The Labute approximate surface area is 108 Å². The Bertz CT molecular complexity index is 437. The van der Waals surface area contributed by atoms with Crippen LogP contribution in [0.15, 0.2) is 5.10 Å². The zero-order chi connectivity index (χ0) is 13.3. The second-order valence-corrected chi connectivity index (χ2v) is 5.09. The van der Waals surface area contributed by atoms with Crippen LogP contribution in [0.3, 0.4) is 0 Å². The van der Waals surface area contributed by atoms with E-state index in [1.807, 2.05) is 0 Å². The third-order valence-corrected chi connectivity index (χ3v) is 3.89. The molecule has 0 aromatic carbocycles. The molecule has 2 amide bonds. The molecule has 2 aliphatic rings. The lowest BCUT2D eigenvalue weighted by atomic mass is 10.1. The summed E-state index contributed by atoms with van der Waals surface area (Å²) in [4.78, 5) is 35.7. The molecule has 98 valence electrons. The van der Waals surface area contributed by atoms with E-state index in [-0.39, 0.29) is 30.4 Å². The van der Waals surface area contributed by atoms with Gasteiger partial charge < -0.3 is 10.0 Å². The Hall–Kier alpha value is -1.57. The molecule has 0 radical (unpaired) electrons. The summed E-state index contributed by atoms with van der Waals surface area (Å²) in [5.41, 5.74) is 0.255. The topological polar surface area (TPSA) is 90.3 Å². The number of hydrazone groups is 1. The number of hydrogen-bond acceptors (Lipinski definition) is 5. The molecule has 0 bridgehead atoms. The van der Waals surface area contributed by atoms with Crippen molar-refractivity contribution in [1.29, 1.82) is 0 Å². The number of carboxylic acid groups (broad SMARTS) is 1. The molecule has 1 saturated heterocycles. The van der Waals surface area contributed by atoms with Crippen LogP contribution in [0.4, 0.5) is 0 Å². The van der Waals surface area contributed by atoms with Crippen LogP contribution in [-0.4, -0.2) is 63.2 Å². The fourth-order valence-corrected chi connectivity index (χ4v) is 2.98. The van der Waals surface area contributed by atoms with Crippen molar-refractivity contribution in [2.75, 3.05) is 18.7 Å². The molecule has 2 rings (SSSR count). The second-order valence-electron chi connectivity index (χ2n) is 4.09. The summed E-state index contributed by atoms with van der Waals surface area (Å²) in [5.74, 6) is -0.784. The van der Waals surface area contributed by atoms with Gasteiger partial charge in [-0.1, -0.05) is 0 Å². The fourth-order valence-electron chi connectivity index (χ4n) is 1.84. The predicted octanol–water partition coefficient (Wildman–Crippen LogP) is -0.419. The lowest BCUT2D eigenvalue weighted by Crippen LogP contribution is -2.46. The highest BCUT2D eigenvalue weighted by atomic mass is 32.2. The van der Waals surface area contributed by atoms with Crippen molar-refractivity contribution in [2.45, 2.75) is 18.9 Å². The van der Waals surface area contributed by atoms with E-state index in [0.29, 0.717) is 11.6 Å². The van der Waals surface area contributed by atoms with Gasteiger partial charge in [0.25, 0.3) is 5.91 Å². The minimum Gasteiger partial charge on any atom is -0.480 e. The molecule has 1 N–H and O–H groups in total. The van der Waals surface area contributed by atoms with Crippen molar-refractivity contribution in [3.05, 3.63) is 0 Å². The highest BCUT2D eigenvalue weighted by Gasteiger charge is 2.37. The van der Waals surface area contributed by atoms with E-state index in [4.69, 9.17) is 5.11 Å². The van der Waals surface area contributed by atoms with Crippen molar-refractivity contribution in [2.24, 2.45) is 5.10 Å². The smallest absolute Gasteiger partial charge is 0.327 e. The Balaban J connectivity index is 2.14. The van der Waals surface area contributed by atoms with Crippen molar-refractivity contribution >= 4 is 35.3 Å². The van der Waals surface area contributed by atoms with Gasteiger partial charge in [-0.15, -0.1) is 11.8 Å². The Kier molecular flexibility index (Phi) is 3.55. The van der Waals surface area contributed by atoms with Gasteiger partial charge in [-0.2, -0.15) is 5.10 Å². The number of thioether (sulfide) groups is 1. The average molecular weight is 271 g/mol. The molecule has 0 aromatic heterocycles. The third kappa shape index (κ3) is 2.33. The van der Waals surface area contributed by atoms with Crippen LogP contribution < -0.4 is 0 Å². The Morgan fingerprint density at radius 2 is 2.17 bits per heavy atom. The molecule has 1 fully saturated rings. The van der Waals surface area contributed by atoms with E-state index in [1.54, 1.807) is 0 Å². The first kappa shape index (κ1) is 12.9. The van der Waals surface area contributed by atoms with Crippen LogP contribution in [0.25, 0.3) is 0 Å². The van der Waals surface area contributed by atoms with Gasteiger partial charge >= 0.3 is 5.97 Å². The monoisotopic (exact) mass is 271 g/mol. The van der Waals surface area contributed by atoms with Crippen LogP contribution in [0.1, 0.15) is 12.8 Å². The van der Waals surface area contributed by atoms with Gasteiger partial charge in [-0.05, 0) is 0 Å². The molecule has 18 heavy (non-hydrogen) atoms. The third-order valence-electron chi connectivity index (χ3n) is 2.88. The zero-order valence-electron chi connectivity index (χ0n) is 9.83. The number of hydrogen-bond donors (Lipinski definition) is 1. The summed E-state index contributed by atoms with van der Waals surface area (Å²) in [5, 5.41) is 14.1. The molecule has 0 aromatic rings. The number of rotatable bonds is 2. The summed E-state index contributed by atoms with van der Waals surface area (Å²) in [6.07, 6.45) is 0.509. The number of carbonyl (C=O) groups excluding carboxylic acids is 2. The van der Waals surface area contributed by atoms with E-state index < -0.39 is 12.0 Å². The molecule has 8 heteroatoms. The number of amides is 2. The van der Waals surface area contributed by atoms with Gasteiger partial charge in [0.2, 0.25) is 5.91 Å². The molecule has 0 aliphatic carbocycles. The maximum Gasteiger partial charge on any atom is 0.327 e. The first-order valence-electron chi connectivity index (χ1n) is 5.46. The van der Waals surface area contributed by atoms with Crippen LogP contribution in [0.2, 0.25) is 0 Å². The van der Waals surface area contributed by atoms with E-state index >= 15 is 0 Å². The summed E-state index contributed by atoms with van der Waals surface area (Å²) in [6, 6.07) is -0.798. The SMILES string of the molecule is CN1N=C(C(=O)N2CSCC2C(=O)O)CCC1=O. The number of nitrogens with zero attached hydrogens (tertiary/aromatic N) is 3. The summed E-state index contributed by atoms with van der Waals surface area (Å²) < 4.78 is 0. The van der Waals surface area contributed by atoms with Gasteiger partial charge in [-0.3, -0.25) is 9.59 Å². The number of aliphatic carboxylic acids is 1. The zero-order valence-corrected chi connectivity index (χ0v) is 10.6. The van der Waals surface area contributed by atoms with Gasteiger partial charge in [0.05, 0.1) is 5.88 Å². The normalized spacial score (nSPS) is 24.2. The maximum atomic E-state index is 12.1. The van der Waals surface area contributed by atoms with Crippen molar-refractivity contribution in [1.82, 2.24) is 9.91 Å². The first-order valence-corrected chi connectivity index (χ1v) is 6.61. The standard InChI is InChI=1S/C10H13N3O4S/c1-12-8(14)3-2-6(11-12)9(15)13-5-18-4-7(13)10(16)17/h7H,2-5H2,1H3,(H,16,17). The number of carboxylic acids is 1. The minimum absolute atomic E-state index is 0.142. The van der Waals surface area contributed by atoms with Crippen LogP contribution in [0.5, 0.6) is 0 Å². The maximum absolute atomic E-state index is 12.1. The van der Waals surface area contributed by atoms with Crippen LogP contribution in [-0.2, 0) is 14.4 Å². The first-order chi connectivity index (χ1) is 8.50.